The molecule has 0 aliphatic rings. The number of aromatic nitrogens is 1. The third-order valence-electron chi connectivity index (χ3n) is 2.33. The molecule has 18 heavy (non-hydrogen) atoms. The number of hydrogen-bond donors (Lipinski definition) is 1. The van der Waals surface area contributed by atoms with Gasteiger partial charge in [0.1, 0.15) is 5.75 Å². The van der Waals surface area contributed by atoms with Crippen LogP contribution in [0.4, 0.5) is 0 Å². The van der Waals surface area contributed by atoms with E-state index in [-0.39, 0.29) is 5.56 Å². The number of aryl methyl sites for hydroxylation is 1. The van der Waals surface area contributed by atoms with Gasteiger partial charge in [-0.2, -0.15) is 0 Å². The molecule has 0 spiro atoms. The predicted octanol–water partition coefficient (Wildman–Crippen LogP) is 3.53. The monoisotopic (exact) mass is 263 g/mol. The van der Waals surface area contributed by atoms with Gasteiger partial charge >= 0.3 is 5.97 Å². The van der Waals surface area contributed by atoms with Gasteiger partial charge in [0.05, 0.1) is 5.56 Å². The lowest BCUT2D eigenvalue weighted by molar-refractivity contribution is 0.0696. The second-order valence-electron chi connectivity index (χ2n) is 3.70. The molecule has 0 unspecified atom stereocenters. The molecule has 4 nitrogen and oxygen atoms in total. The van der Waals surface area contributed by atoms with Gasteiger partial charge in [-0.15, -0.1) is 0 Å². The fourth-order valence-corrected chi connectivity index (χ4v) is 1.63. The second kappa shape index (κ2) is 5.06. The van der Waals surface area contributed by atoms with E-state index in [1.54, 1.807) is 18.2 Å². The average molecular weight is 264 g/mol. The summed E-state index contributed by atoms with van der Waals surface area (Å²) >= 11 is 5.84. The van der Waals surface area contributed by atoms with Crippen LogP contribution in [0.25, 0.3) is 0 Å². The Morgan fingerprint density at radius 3 is 2.67 bits per heavy atom. The maximum absolute atomic E-state index is 10.7. The number of halogens is 1. The summed E-state index contributed by atoms with van der Waals surface area (Å²) in [4.78, 5) is 14.6. The largest absolute Gasteiger partial charge is 0.478 e. The van der Waals surface area contributed by atoms with Crippen molar-refractivity contribution in [1.82, 2.24) is 4.98 Å². The van der Waals surface area contributed by atoms with Gasteiger partial charge in [-0.25, -0.2) is 9.78 Å². The van der Waals surface area contributed by atoms with Gasteiger partial charge in [0, 0.05) is 17.3 Å². The average Bonchev–Trinajstić information content (AvgIpc) is 2.33. The number of benzene rings is 1. The van der Waals surface area contributed by atoms with Gasteiger partial charge in [0.15, 0.2) is 0 Å². The van der Waals surface area contributed by atoms with E-state index in [0.29, 0.717) is 16.7 Å². The first-order chi connectivity index (χ1) is 8.56. The van der Waals surface area contributed by atoms with E-state index in [1.165, 1.54) is 18.3 Å². The van der Waals surface area contributed by atoms with Crippen molar-refractivity contribution in [1.29, 1.82) is 0 Å². The van der Waals surface area contributed by atoms with Crippen molar-refractivity contribution >= 4 is 17.6 Å². The summed E-state index contributed by atoms with van der Waals surface area (Å²) in [5.41, 5.74) is 1.00. The van der Waals surface area contributed by atoms with Gasteiger partial charge in [0.2, 0.25) is 5.88 Å². The van der Waals surface area contributed by atoms with Gasteiger partial charge in [0.25, 0.3) is 0 Å². The summed E-state index contributed by atoms with van der Waals surface area (Å²) in [6.45, 7) is 1.87. The second-order valence-corrected chi connectivity index (χ2v) is 4.14. The lowest BCUT2D eigenvalue weighted by atomic mass is 10.2. The Morgan fingerprint density at radius 1 is 1.33 bits per heavy atom. The summed E-state index contributed by atoms with van der Waals surface area (Å²) in [7, 11) is 0. The molecule has 2 rings (SSSR count). The topological polar surface area (TPSA) is 59.4 Å². The smallest absolute Gasteiger partial charge is 0.337 e. The van der Waals surface area contributed by atoms with E-state index in [0.717, 1.165) is 5.56 Å². The molecular formula is C13H10ClNO3. The highest BCUT2D eigenvalue weighted by molar-refractivity contribution is 6.30. The van der Waals surface area contributed by atoms with Crippen LogP contribution in [-0.4, -0.2) is 16.1 Å². The minimum Gasteiger partial charge on any atom is -0.478 e. The molecule has 1 aromatic carbocycles. The van der Waals surface area contributed by atoms with Crippen molar-refractivity contribution in [3.8, 4) is 11.6 Å². The number of carboxylic acids is 1. The Hall–Kier alpha value is -2.07. The molecule has 0 fully saturated rings. The van der Waals surface area contributed by atoms with Crippen LogP contribution in [0.2, 0.25) is 5.02 Å². The number of carboxylic acid groups (broad SMARTS) is 1. The number of rotatable bonds is 3. The van der Waals surface area contributed by atoms with Crippen LogP contribution >= 0.6 is 11.6 Å². The number of carbonyl (C=O) groups is 1. The summed E-state index contributed by atoms with van der Waals surface area (Å²) < 4.78 is 5.54. The molecule has 1 aromatic heterocycles. The molecule has 0 amide bonds. The lowest BCUT2D eigenvalue weighted by Crippen LogP contribution is -1.97. The van der Waals surface area contributed by atoms with Crippen molar-refractivity contribution < 1.29 is 14.6 Å². The van der Waals surface area contributed by atoms with Crippen LogP contribution in [-0.2, 0) is 0 Å². The summed E-state index contributed by atoms with van der Waals surface area (Å²) in [6, 6.07) is 8.19. The SMILES string of the molecule is Cc1cc(Cl)ccc1Oc1ccc(C(=O)O)cn1. The van der Waals surface area contributed by atoms with E-state index in [9.17, 15) is 4.79 Å². The summed E-state index contributed by atoms with van der Waals surface area (Å²) in [6.07, 6.45) is 1.25. The van der Waals surface area contributed by atoms with Crippen molar-refractivity contribution in [3.63, 3.8) is 0 Å². The molecule has 0 atom stereocenters. The number of ether oxygens (including phenoxy) is 1. The van der Waals surface area contributed by atoms with Gasteiger partial charge in [-0.1, -0.05) is 11.6 Å². The van der Waals surface area contributed by atoms with E-state index in [4.69, 9.17) is 21.4 Å². The summed E-state index contributed by atoms with van der Waals surface area (Å²) in [5, 5.41) is 9.38. The van der Waals surface area contributed by atoms with Crippen LogP contribution in [0, 0.1) is 6.92 Å². The maximum Gasteiger partial charge on any atom is 0.337 e. The third kappa shape index (κ3) is 2.78. The molecule has 5 heteroatoms. The van der Waals surface area contributed by atoms with Gasteiger partial charge < -0.3 is 9.84 Å². The molecule has 2 aromatic rings. The van der Waals surface area contributed by atoms with Crippen LogP contribution in [0.1, 0.15) is 15.9 Å². The minimum absolute atomic E-state index is 0.121. The van der Waals surface area contributed by atoms with E-state index in [1.807, 2.05) is 6.92 Å². The minimum atomic E-state index is -1.02. The third-order valence-corrected chi connectivity index (χ3v) is 2.57. The molecule has 0 bridgehead atoms. The molecule has 0 aliphatic carbocycles. The highest BCUT2D eigenvalue weighted by atomic mass is 35.5. The molecule has 1 heterocycles. The zero-order valence-corrected chi connectivity index (χ0v) is 10.3. The van der Waals surface area contributed by atoms with Gasteiger partial charge in [-0.05, 0) is 36.8 Å². The fourth-order valence-electron chi connectivity index (χ4n) is 1.41. The highest BCUT2D eigenvalue weighted by Crippen LogP contribution is 2.26. The molecule has 0 radical (unpaired) electrons. The standard InChI is InChI=1S/C13H10ClNO3/c1-8-6-10(14)3-4-11(8)18-12-5-2-9(7-15-12)13(16)17/h2-7H,1H3,(H,16,17). The first-order valence-corrected chi connectivity index (χ1v) is 5.57. The number of aromatic carboxylic acids is 1. The van der Waals surface area contributed by atoms with Crippen molar-refractivity contribution in [2.24, 2.45) is 0 Å². The Kier molecular flexibility index (Phi) is 3.48. The lowest BCUT2D eigenvalue weighted by Gasteiger charge is -2.07. The Labute approximate surface area is 109 Å². The Bertz CT molecular complexity index is 581. The zero-order valence-electron chi connectivity index (χ0n) is 9.55. The first-order valence-electron chi connectivity index (χ1n) is 5.19. The Morgan fingerprint density at radius 2 is 2.11 bits per heavy atom. The highest BCUT2D eigenvalue weighted by Gasteiger charge is 2.06. The van der Waals surface area contributed by atoms with E-state index < -0.39 is 5.97 Å². The maximum atomic E-state index is 10.7. The Balaban J connectivity index is 2.21. The molecule has 0 saturated heterocycles. The van der Waals surface area contributed by atoms with E-state index in [2.05, 4.69) is 4.98 Å². The van der Waals surface area contributed by atoms with Crippen LogP contribution in [0.5, 0.6) is 11.6 Å². The molecule has 1 N–H and O–H groups in total. The van der Waals surface area contributed by atoms with Crippen molar-refractivity contribution in [2.75, 3.05) is 0 Å². The number of hydrogen-bond acceptors (Lipinski definition) is 3. The van der Waals surface area contributed by atoms with Gasteiger partial charge in [-0.3, -0.25) is 0 Å². The molecular weight excluding hydrogens is 254 g/mol. The van der Waals surface area contributed by atoms with Crippen molar-refractivity contribution in [2.45, 2.75) is 6.92 Å². The molecule has 0 saturated carbocycles. The number of nitrogens with zero attached hydrogens (tertiary/aromatic N) is 1. The molecule has 0 aliphatic heterocycles. The first kappa shape index (κ1) is 12.4. The normalized spacial score (nSPS) is 10.1. The quantitative estimate of drug-likeness (QED) is 0.920. The van der Waals surface area contributed by atoms with Crippen LogP contribution in [0.3, 0.4) is 0 Å². The predicted molar refractivity (Wildman–Crippen MR) is 67.5 cm³/mol. The van der Waals surface area contributed by atoms with Crippen LogP contribution < -0.4 is 4.74 Å². The zero-order chi connectivity index (χ0) is 13.1. The van der Waals surface area contributed by atoms with Crippen LogP contribution in [0.15, 0.2) is 36.5 Å². The molecule has 92 valence electrons. The number of pyridine rings is 1. The fraction of sp³-hybridized carbons (Fsp3) is 0.0769. The van der Waals surface area contributed by atoms with Crippen molar-refractivity contribution in [3.05, 3.63) is 52.7 Å². The van der Waals surface area contributed by atoms with E-state index >= 15 is 0 Å². The summed E-state index contributed by atoms with van der Waals surface area (Å²) in [5.74, 6) is -0.0443.